The van der Waals surface area contributed by atoms with Crippen LogP contribution < -0.4 is 4.74 Å². The standard InChI is InChI=1S/C22H19NO5S/c1-23(2)29(25,26)16-9-7-8-15(14-16)22(24)28-21-17-10-3-5-12-19(17)27-20-13-6-4-11-18(20)21/h3-14,21H,1-2H3. The lowest BCUT2D eigenvalue weighted by Gasteiger charge is -2.27. The highest BCUT2D eigenvalue weighted by molar-refractivity contribution is 7.89. The van der Waals surface area contributed by atoms with E-state index < -0.39 is 22.1 Å². The van der Waals surface area contributed by atoms with Gasteiger partial charge in [0.25, 0.3) is 0 Å². The van der Waals surface area contributed by atoms with Crippen LogP contribution >= 0.6 is 0 Å². The average Bonchev–Trinajstić information content (AvgIpc) is 2.73. The van der Waals surface area contributed by atoms with Gasteiger partial charge in [-0.1, -0.05) is 42.5 Å². The summed E-state index contributed by atoms with van der Waals surface area (Å²) in [5.41, 5.74) is 1.63. The molecule has 29 heavy (non-hydrogen) atoms. The van der Waals surface area contributed by atoms with E-state index in [1.165, 1.54) is 38.4 Å². The fraction of sp³-hybridized carbons (Fsp3) is 0.136. The number of carbonyl (C=O) groups excluding carboxylic acids is 1. The topological polar surface area (TPSA) is 72.9 Å². The minimum absolute atomic E-state index is 0.0322. The predicted molar refractivity (Wildman–Crippen MR) is 108 cm³/mol. The molecule has 0 saturated carbocycles. The first-order chi connectivity index (χ1) is 13.9. The molecule has 3 aromatic carbocycles. The number of hydrogen-bond donors (Lipinski definition) is 0. The van der Waals surface area contributed by atoms with Crippen LogP contribution in [0.25, 0.3) is 0 Å². The van der Waals surface area contributed by atoms with Crippen molar-refractivity contribution in [1.29, 1.82) is 0 Å². The van der Waals surface area contributed by atoms with Gasteiger partial charge in [-0.3, -0.25) is 0 Å². The molecule has 1 aliphatic rings. The first-order valence-corrected chi connectivity index (χ1v) is 10.4. The molecule has 0 saturated heterocycles. The number of benzene rings is 3. The van der Waals surface area contributed by atoms with Gasteiger partial charge in [-0.2, -0.15) is 0 Å². The number of esters is 1. The lowest BCUT2D eigenvalue weighted by atomic mass is 9.97. The van der Waals surface area contributed by atoms with Gasteiger partial charge in [-0.25, -0.2) is 17.5 Å². The van der Waals surface area contributed by atoms with Gasteiger partial charge in [0.05, 0.1) is 10.5 Å². The van der Waals surface area contributed by atoms with E-state index in [2.05, 4.69) is 0 Å². The Bertz CT molecular complexity index is 1140. The third-order valence-corrected chi connectivity index (χ3v) is 6.51. The van der Waals surface area contributed by atoms with Gasteiger partial charge in [0.1, 0.15) is 11.5 Å². The monoisotopic (exact) mass is 409 g/mol. The number of fused-ring (bicyclic) bond motifs is 2. The van der Waals surface area contributed by atoms with Crippen molar-refractivity contribution in [2.75, 3.05) is 14.1 Å². The van der Waals surface area contributed by atoms with Crippen molar-refractivity contribution >= 4 is 16.0 Å². The summed E-state index contributed by atoms with van der Waals surface area (Å²) < 4.78 is 37.6. The van der Waals surface area contributed by atoms with E-state index in [4.69, 9.17) is 9.47 Å². The number of hydrogen-bond acceptors (Lipinski definition) is 5. The molecule has 0 bridgehead atoms. The zero-order valence-electron chi connectivity index (χ0n) is 15.9. The largest absolute Gasteiger partial charge is 0.456 e. The van der Waals surface area contributed by atoms with Gasteiger partial charge in [-0.05, 0) is 30.3 Å². The number of carbonyl (C=O) groups is 1. The molecular formula is C22H19NO5S. The molecule has 1 aliphatic heterocycles. The van der Waals surface area contributed by atoms with E-state index in [0.717, 1.165) is 15.4 Å². The average molecular weight is 409 g/mol. The summed E-state index contributed by atoms with van der Waals surface area (Å²) in [5, 5.41) is 0. The van der Waals surface area contributed by atoms with Crippen LogP contribution in [0, 0.1) is 0 Å². The maximum Gasteiger partial charge on any atom is 0.339 e. The zero-order chi connectivity index (χ0) is 20.6. The normalized spacial score (nSPS) is 13.3. The summed E-state index contributed by atoms with van der Waals surface area (Å²) in [7, 11) is -0.776. The van der Waals surface area contributed by atoms with E-state index in [-0.39, 0.29) is 10.5 Å². The molecule has 4 rings (SSSR count). The fourth-order valence-corrected chi connectivity index (χ4v) is 4.11. The lowest BCUT2D eigenvalue weighted by molar-refractivity contribution is 0.0361. The van der Waals surface area contributed by atoms with Crippen molar-refractivity contribution in [2.45, 2.75) is 11.0 Å². The van der Waals surface area contributed by atoms with Gasteiger partial charge in [-0.15, -0.1) is 0 Å². The van der Waals surface area contributed by atoms with E-state index in [9.17, 15) is 13.2 Å². The summed E-state index contributed by atoms with van der Waals surface area (Å²) in [6.07, 6.45) is -0.655. The number of nitrogens with zero attached hydrogens (tertiary/aromatic N) is 1. The van der Waals surface area contributed by atoms with Crippen LogP contribution in [0.3, 0.4) is 0 Å². The minimum atomic E-state index is -3.66. The summed E-state index contributed by atoms with van der Waals surface area (Å²) in [5.74, 6) is 0.623. The smallest absolute Gasteiger partial charge is 0.339 e. The Labute approximate surface area is 169 Å². The molecule has 3 aromatic rings. The Balaban J connectivity index is 1.70. The van der Waals surface area contributed by atoms with Gasteiger partial charge >= 0.3 is 5.97 Å². The lowest BCUT2D eigenvalue weighted by Crippen LogP contribution is -2.22. The Morgan fingerprint density at radius 1 is 0.897 bits per heavy atom. The van der Waals surface area contributed by atoms with Gasteiger partial charge in [0.15, 0.2) is 6.10 Å². The van der Waals surface area contributed by atoms with E-state index >= 15 is 0 Å². The number of para-hydroxylation sites is 2. The molecule has 0 spiro atoms. The summed E-state index contributed by atoms with van der Waals surface area (Å²) >= 11 is 0. The molecule has 1 heterocycles. The molecule has 148 valence electrons. The molecule has 0 aliphatic carbocycles. The predicted octanol–water partition coefficient (Wildman–Crippen LogP) is 3.99. The quantitative estimate of drug-likeness (QED) is 0.609. The van der Waals surface area contributed by atoms with Gasteiger partial charge in [0.2, 0.25) is 10.0 Å². The Morgan fingerprint density at radius 3 is 2.07 bits per heavy atom. The number of ether oxygens (including phenoxy) is 2. The fourth-order valence-electron chi connectivity index (χ4n) is 3.16. The molecule has 0 aromatic heterocycles. The Kier molecular flexibility index (Phi) is 4.86. The third-order valence-electron chi connectivity index (χ3n) is 4.70. The van der Waals surface area contributed by atoms with Crippen LogP contribution in [0.1, 0.15) is 27.6 Å². The minimum Gasteiger partial charge on any atom is -0.456 e. The second kappa shape index (κ2) is 7.35. The van der Waals surface area contributed by atoms with Crippen LogP contribution in [0.15, 0.2) is 77.7 Å². The van der Waals surface area contributed by atoms with Crippen molar-refractivity contribution in [2.24, 2.45) is 0 Å². The maximum atomic E-state index is 12.9. The van der Waals surface area contributed by atoms with E-state index in [1.54, 1.807) is 0 Å². The second-order valence-electron chi connectivity index (χ2n) is 6.78. The highest BCUT2D eigenvalue weighted by atomic mass is 32.2. The highest BCUT2D eigenvalue weighted by Crippen LogP contribution is 2.44. The summed E-state index contributed by atoms with van der Waals surface area (Å²) in [6, 6.07) is 20.6. The molecule has 0 fully saturated rings. The molecule has 0 N–H and O–H groups in total. The molecule has 0 unspecified atom stereocenters. The van der Waals surface area contributed by atoms with Crippen LogP contribution in [-0.2, 0) is 14.8 Å². The Morgan fingerprint density at radius 2 is 1.48 bits per heavy atom. The Hall–Kier alpha value is -3.16. The van der Waals surface area contributed by atoms with Crippen molar-refractivity contribution < 1.29 is 22.7 Å². The van der Waals surface area contributed by atoms with Crippen LogP contribution in [0.2, 0.25) is 0 Å². The zero-order valence-corrected chi connectivity index (χ0v) is 16.7. The number of sulfonamides is 1. The van der Waals surface area contributed by atoms with Crippen molar-refractivity contribution in [1.82, 2.24) is 4.31 Å². The van der Waals surface area contributed by atoms with Crippen molar-refractivity contribution in [3.05, 3.63) is 89.5 Å². The molecule has 7 heteroatoms. The number of rotatable bonds is 4. The van der Waals surface area contributed by atoms with Crippen LogP contribution in [-0.4, -0.2) is 32.8 Å². The second-order valence-corrected chi connectivity index (χ2v) is 8.93. The molecule has 0 amide bonds. The van der Waals surface area contributed by atoms with Gasteiger partial charge in [0, 0.05) is 25.2 Å². The summed E-state index contributed by atoms with van der Waals surface area (Å²) in [4.78, 5) is 12.9. The first-order valence-electron chi connectivity index (χ1n) is 8.97. The molecule has 0 radical (unpaired) electrons. The van der Waals surface area contributed by atoms with Gasteiger partial charge < -0.3 is 9.47 Å². The molecule has 0 atom stereocenters. The molecular weight excluding hydrogens is 390 g/mol. The van der Waals surface area contributed by atoms with E-state index in [1.807, 2.05) is 48.5 Å². The SMILES string of the molecule is CN(C)S(=O)(=O)c1cccc(C(=O)OC2c3ccccc3Oc3ccccc32)c1. The molecule has 6 nitrogen and oxygen atoms in total. The highest BCUT2D eigenvalue weighted by Gasteiger charge is 2.30. The van der Waals surface area contributed by atoms with Crippen molar-refractivity contribution in [3.8, 4) is 11.5 Å². The summed E-state index contributed by atoms with van der Waals surface area (Å²) in [6.45, 7) is 0. The maximum absolute atomic E-state index is 12.9. The van der Waals surface area contributed by atoms with Crippen LogP contribution in [0.5, 0.6) is 11.5 Å². The van der Waals surface area contributed by atoms with Crippen LogP contribution in [0.4, 0.5) is 0 Å². The van der Waals surface area contributed by atoms with Crippen molar-refractivity contribution in [3.63, 3.8) is 0 Å². The van der Waals surface area contributed by atoms with E-state index in [0.29, 0.717) is 11.5 Å². The first kappa shape index (κ1) is 19.2. The third kappa shape index (κ3) is 3.50.